The second-order valence-corrected chi connectivity index (χ2v) is 8.23. The highest BCUT2D eigenvalue weighted by atomic mass is 31.2. The van der Waals surface area contributed by atoms with E-state index in [1.54, 1.807) is 0 Å². The van der Waals surface area contributed by atoms with E-state index in [-0.39, 0.29) is 0 Å². The number of rotatable bonds is 6. The molecule has 24 heavy (non-hydrogen) atoms. The molecular weight excluding hydrogens is 405 g/mol. The zero-order valence-corrected chi connectivity index (χ0v) is 14.0. The summed E-state index contributed by atoms with van der Waals surface area (Å²) < 4.78 is 44.7. The van der Waals surface area contributed by atoms with Gasteiger partial charge in [-0.15, -0.1) is 0 Å². The molecule has 0 aromatic rings. The van der Waals surface area contributed by atoms with Crippen molar-refractivity contribution in [2.45, 2.75) is 36.6 Å². The Morgan fingerprint density at radius 1 is 0.500 bits per heavy atom. The van der Waals surface area contributed by atoms with Crippen molar-refractivity contribution in [3.63, 3.8) is 0 Å². The standard InChI is InChI=1S/C6H15O15P3/c7-1-2(8)5(20-23(13,14)15)6(21-24(16,17)18)3(9)4(1)19-22(10,11)12/h1-9H,(H2,10,11,12)(H2,13,14,15)(H2,16,17,18)/t1-,2+,3+,4?,5?,6?/m1/s1. The molecule has 0 aromatic carbocycles. The SMILES string of the molecule is O=P(O)(O)OC1C(OP(=O)(O)O)[C@@H](O)[C@@H](O)C(OP(=O)(O)O)[C@@H]1O. The Morgan fingerprint density at radius 3 is 1.08 bits per heavy atom. The largest absolute Gasteiger partial charge is 0.470 e. The first-order chi connectivity index (χ1) is 10.5. The number of aliphatic hydroxyl groups excluding tert-OH is 3. The molecule has 9 N–H and O–H groups in total. The Balaban J connectivity index is 3.23. The third-order valence-electron chi connectivity index (χ3n) is 2.80. The van der Waals surface area contributed by atoms with E-state index in [0.717, 1.165) is 0 Å². The first kappa shape index (κ1) is 22.3. The van der Waals surface area contributed by atoms with E-state index in [4.69, 9.17) is 29.4 Å². The van der Waals surface area contributed by atoms with Crippen molar-refractivity contribution in [2.75, 3.05) is 0 Å². The summed E-state index contributed by atoms with van der Waals surface area (Å²) in [5.74, 6) is 0. The molecule has 1 fully saturated rings. The van der Waals surface area contributed by atoms with Crippen LogP contribution in [0, 0.1) is 0 Å². The third kappa shape index (κ3) is 6.50. The summed E-state index contributed by atoms with van der Waals surface area (Å²) in [6.07, 6.45) is -14.3. The topological polar surface area (TPSA) is 261 Å². The van der Waals surface area contributed by atoms with Gasteiger partial charge in [-0.05, 0) is 0 Å². The highest BCUT2D eigenvalue weighted by Crippen LogP contribution is 2.49. The quantitative estimate of drug-likeness (QED) is 0.189. The lowest BCUT2D eigenvalue weighted by Gasteiger charge is -2.44. The number of aliphatic hydroxyl groups is 3. The monoisotopic (exact) mass is 420 g/mol. The van der Waals surface area contributed by atoms with E-state index in [2.05, 4.69) is 13.6 Å². The van der Waals surface area contributed by atoms with Gasteiger partial charge in [0.05, 0.1) is 0 Å². The predicted molar refractivity (Wildman–Crippen MR) is 68.8 cm³/mol. The van der Waals surface area contributed by atoms with Crippen molar-refractivity contribution < 1.29 is 71.9 Å². The molecule has 144 valence electrons. The maximum atomic E-state index is 10.9. The van der Waals surface area contributed by atoms with Crippen LogP contribution in [0.1, 0.15) is 0 Å². The molecule has 0 amide bonds. The summed E-state index contributed by atoms with van der Waals surface area (Å²) in [7, 11) is -16.2. The van der Waals surface area contributed by atoms with Gasteiger partial charge in [-0.1, -0.05) is 0 Å². The van der Waals surface area contributed by atoms with E-state index in [9.17, 15) is 29.0 Å². The summed E-state index contributed by atoms with van der Waals surface area (Å²) in [6.45, 7) is 0. The van der Waals surface area contributed by atoms with Crippen molar-refractivity contribution in [2.24, 2.45) is 0 Å². The van der Waals surface area contributed by atoms with Crippen LogP contribution < -0.4 is 0 Å². The average Bonchev–Trinajstić information content (AvgIpc) is 2.32. The predicted octanol–water partition coefficient (Wildman–Crippen LogP) is -3.48. The van der Waals surface area contributed by atoms with Crippen LogP contribution >= 0.6 is 23.5 Å². The van der Waals surface area contributed by atoms with Crippen molar-refractivity contribution in [3.05, 3.63) is 0 Å². The summed E-state index contributed by atoms with van der Waals surface area (Å²) >= 11 is 0. The van der Waals surface area contributed by atoms with Crippen molar-refractivity contribution in [3.8, 4) is 0 Å². The zero-order chi connectivity index (χ0) is 19.1. The molecule has 3 unspecified atom stereocenters. The van der Waals surface area contributed by atoms with Crippen LogP contribution in [0.3, 0.4) is 0 Å². The molecule has 0 radical (unpaired) electrons. The number of phosphoric acid groups is 3. The number of hydrogen-bond donors (Lipinski definition) is 9. The van der Waals surface area contributed by atoms with Crippen LogP contribution in [-0.2, 0) is 27.3 Å². The van der Waals surface area contributed by atoms with Gasteiger partial charge < -0.3 is 44.7 Å². The van der Waals surface area contributed by atoms with Crippen LogP contribution in [0.5, 0.6) is 0 Å². The van der Waals surface area contributed by atoms with E-state index in [0.29, 0.717) is 0 Å². The van der Waals surface area contributed by atoms with Gasteiger partial charge in [0.2, 0.25) is 0 Å². The lowest BCUT2D eigenvalue weighted by atomic mass is 9.85. The van der Waals surface area contributed by atoms with E-state index in [1.807, 2.05) is 0 Å². The van der Waals surface area contributed by atoms with Gasteiger partial charge in [0.1, 0.15) is 36.6 Å². The lowest BCUT2D eigenvalue weighted by molar-refractivity contribution is -0.212. The Kier molecular flexibility index (Phi) is 6.90. The molecule has 0 aliphatic heterocycles. The molecule has 0 saturated heterocycles. The zero-order valence-electron chi connectivity index (χ0n) is 11.3. The van der Waals surface area contributed by atoms with Crippen LogP contribution in [0.4, 0.5) is 0 Å². The van der Waals surface area contributed by atoms with E-state index in [1.165, 1.54) is 0 Å². The summed E-state index contributed by atoms with van der Waals surface area (Å²) in [5.41, 5.74) is 0. The molecule has 0 spiro atoms. The Labute approximate surface area is 133 Å². The van der Waals surface area contributed by atoms with Gasteiger partial charge in [-0.2, -0.15) is 0 Å². The molecule has 6 atom stereocenters. The molecule has 0 bridgehead atoms. The molecule has 1 aliphatic rings. The smallest absolute Gasteiger partial charge is 0.387 e. The Bertz CT molecular complexity index is 574. The highest BCUT2D eigenvalue weighted by molar-refractivity contribution is 7.46. The maximum Gasteiger partial charge on any atom is 0.470 e. The molecule has 15 nitrogen and oxygen atoms in total. The van der Waals surface area contributed by atoms with Crippen LogP contribution in [0.25, 0.3) is 0 Å². The van der Waals surface area contributed by atoms with Gasteiger partial charge in [0.15, 0.2) is 0 Å². The molecule has 1 saturated carbocycles. The minimum atomic E-state index is -5.43. The molecule has 0 aromatic heterocycles. The van der Waals surface area contributed by atoms with Crippen molar-refractivity contribution in [1.82, 2.24) is 0 Å². The van der Waals surface area contributed by atoms with Crippen molar-refractivity contribution >= 4 is 23.5 Å². The van der Waals surface area contributed by atoms with E-state index < -0.39 is 60.1 Å². The van der Waals surface area contributed by atoms with Gasteiger partial charge in [0, 0.05) is 0 Å². The number of hydrogen-bond acceptors (Lipinski definition) is 9. The second-order valence-electron chi connectivity index (χ2n) is 4.65. The van der Waals surface area contributed by atoms with Gasteiger partial charge in [-0.3, -0.25) is 13.6 Å². The Morgan fingerprint density at radius 2 is 0.750 bits per heavy atom. The van der Waals surface area contributed by atoms with Crippen LogP contribution in [0.15, 0.2) is 0 Å². The second kappa shape index (κ2) is 7.45. The van der Waals surface area contributed by atoms with Crippen LogP contribution in [-0.4, -0.2) is 81.3 Å². The van der Waals surface area contributed by atoms with Crippen LogP contribution in [0.2, 0.25) is 0 Å². The van der Waals surface area contributed by atoms with Gasteiger partial charge in [0.25, 0.3) is 0 Å². The fraction of sp³-hybridized carbons (Fsp3) is 1.00. The van der Waals surface area contributed by atoms with Crippen molar-refractivity contribution in [1.29, 1.82) is 0 Å². The molecule has 0 heterocycles. The van der Waals surface area contributed by atoms with Gasteiger partial charge >= 0.3 is 23.5 Å². The molecule has 1 aliphatic carbocycles. The van der Waals surface area contributed by atoms with E-state index >= 15 is 0 Å². The first-order valence-corrected chi connectivity index (χ1v) is 10.4. The molecule has 1 rings (SSSR count). The highest BCUT2D eigenvalue weighted by Gasteiger charge is 2.56. The first-order valence-electron chi connectivity index (χ1n) is 5.78. The number of phosphoric ester groups is 3. The fourth-order valence-electron chi connectivity index (χ4n) is 2.01. The summed E-state index contributed by atoms with van der Waals surface area (Å²) in [6, 6.07) is 0. The average molecular weight is 420 g/mol. The van der Waals surface area contributed by atoms with Gasteiger partial charge in [-0.25, -0.2) is 13.7 Å². The minimum absolute atomic E-state index is 2.32. The summed E-state index contributed by atoms with van der Waals surface area (Å²) in [4.78, 5) is 52.4. The lowest BCUT2D eigenvalue weighted by Crippen LogP contribution is -2.65. The molecular formula is C6H15O15P3. The normalized spacial score (nSPS) is 35.9. The maximum absolute atomic E-state index is 10.9. The Hall–Kier alpha value is 0.210. The third-order valence-corrected chi connectivity index (χ3v) is 4.35. The minimum Gasteiger partial charge on any atom is -0.387 e. The summed E-state index contributed by atoms with van der Waals surface area (Å²) in [5, 5.41) is 29.3. The molecule has 18 heteroatoms. The fourth-order valence-corrected chi connectivity index (χ4v) is 3.70.